The van der Waals surface area contributed by atoms with Crippen LogP contribution < -0.4 is 0 Å². The summed E-state index contributed by atoms with van der Waals surface area (Å²) >= 11 is 0. The highest BCUT2D eigenvalue weighted by atomic mass is 16.5. The van der Waals surface area contributed by atoms with Gasteiger partial charge in [-0.2, -0.15) is 10.1 Å². The van der Waals surface area contributed by atoms with Gasteiger partial charge in [-0.1, -0.05) is 19.0 Å². The van der Waals surface area contributed by atoms with Crippen molar-refractivity contribution in [2.45, 2.75) is 59.5 Å². The van der Waals surface area contributed by atoms with E-state index >= 15 is 0 Å². The van der Waals surface area contributed by atoms with Crippen molar-refractivity contribution in [1.29, 1.82) is 0 Å². The van der Waals surface area contributed by atoms with Crippen LogP contribution in [0.2, 0.25) is 0 Å². The van der Waals surface area contributed by atoms with Gasteiger partial charge in [-0.15, -0.1) is 0 Å². The minimum absolute atomic E-state index is 0.000273. The Morgan fingerprint density at radius 3 is 2.83 bits per heavy atom. The first-order chi connectivity index (χ1) is 13.9. The molecule has 1 aliphatic rings. The quantitative estimate of drug-likeness (QED) is 0.668. The van der Waals surface area contributed by atoms with Crippen molar-refractivity contribution in [3.63, 3.8) is 0 Å². The van der Waals surface area contributed by atoms with Gasteiger partial charge in [0.1, 0.15) is 0 Å². The van der Waals surface area contributed by atoms with E-state index in [1.807, 2.05) is 11.8 Å². The van der Waals surface area contributed by atoms with Gasteiger partial charge >= 0.3 is 0 Å². The summed E-state index contributed by atoms with van der Waals surface area (Å²) in [5.41, 5.74) is 0.589. The van der Waals surface area contributed by atoms with Crippen LogP contribution in [-0.2, 0) is 24.2 Å². The fraction of sp³-hybridized carbons (Fsp3) is 0.650. The third-order valence-electron chi connectivity index (χ3n) is 5.17. The highest BCUT2D eigenvalue weighted by Crippen LogP contribution is 2.19. The molecule has 1 saturated heterocycles. The number of aromatic nitrogens is 4. The highest BCUT2D eigenvalue weighted by Gasteiger charge is 2.32. The average Bonchev–Trinajstić information content (AvgIpc) is 3.41. The second kappa shape index (κ2) is 9.19. The molecule has 2 aromatic rings. The number of amides is 2. The van der Waals surface area contributed by atoms with E-state index in [2.05, 4.69) is 29.1 Å². The number of hydrogen-bond acceptors (Lipinski definition) is 6. The van der Waals surface area contributed by atoms with Crippen LogP contribution >= 0.6 is 0 Å². The summed E-state index contributed by atoms with van der Waals surface area (Å²) in [6.45, 7) is 10.1. The zero-order valence-electron chi connectivity index (χ0n) is 17.7. The van der Waals surface area contributed by atoms with Crippen LogP contribution in [0, 0.1) is 5.92 Å². The fourth-order valence-electron chi connectivity index (χ4n) is 3.65. The Bertz CT molecular complexity index is 843. The predicted molar refractivity (Wildman–Crippen MR) is 106 cm³/mol. The molecule has 3 rings (SSSR count). The Balaban J connectivity index is 1.57. The Kier molecular flexibility index (Phi) is 6.66. The van der Waals surface area contributed by atoms with E-state index in [9.17, 15) is 9.59 Å². The van der Waals surface area contributed by atoms with E-state index in [0.717, 1.165) is 19.4 Å². The van der Waals surface area contributed by atoms with Crippen molar-refractivity contribution < 1.29 is 14.1 Å². The summed E-state index contributed by atoms with van der Waals surface area (Å²) in [5.74, 6) is 1.66. The number of likely N-dealkylation sites (tertiary alicyclic amines) is 1. The molecule has 0 spiro atoms. The average molecular weight is 402 g/mol. The van der Waals surface area contributed by atoms with Gasteiger partial charge in [0.25, 0.3) is 5.91 Å². The van der Waals surface area contributed by atoms with Crippen LogP contribution in [0.4, 0.5) is 0 Å². The molecule has 0 bridgehead atoms. The maximum atomic E-state index is 12.7. The largest absolute Gasteiger partial charge is 0.339 e. The predicted octanol–water partition coefficient (Wildman–Crippen LogP) is 1.79. The van der Waals surface area contributed by atoms with E-state index in [-0.39, 0.29) is 17.9 Å². The van der Waals surface area contributed by atoms with Crippen LogP contribution in [0.5, 0.6) is 0 Å². The second-order valence-corrected chi connectivity index (χ2v) is 7.94. The summed E-state index contributed by atoms with van der Waals surface area (Å²) in [6, 6.07) is -0.000273. The first-order valence-corrected chi connectivity index (χ1v) is 10.3. The molecule has 1 fully saturated rings. The molecule has 0 N–H and O–H groups in total. The van der Waals surface area contributed by atoms with Gasteiger partial charge in [0, 0.05) is 52.1 Å². The second-order valence-electron chi connectivity index (χ2n) is 7.94. The molecule has 1 unspecified atom stereocenters. The van der Waals surface area contributed by atoms with Crippen molar-refractivity contribution >= 4 is 11.8 Å². The van der Waals surface area contributed by atoms with Crippen LogP contribution in [-0.4, -0.2) is 67.2 Å². The van der Waals surface area contributed by atoms with Crippen molar-refractivity contribution in [3.05, 3.63) is 29.7 Å². The van der Waals surface area contributed by atoms with E-state index in [4.69, 9.17) is 4.52 Å². The third-order valence-corrected chi connectivity index (χ3v) is 5.17. The van der Waals surface area contributed by atoms with Gasteiger partial charge in [-0.3, -0.25) is 14.3 Å². The van der Waals surface area contributed by atoms with Crippen LogP contribution in [0.1, 0.15) is 56.2 Å². The lowest BCUT2D eigenvalue weighted by Gasteiger charge is -2.27. The van der Waals surface area contributed by atoms with Crippen molar-refractivity contribution in [2.75, 3.05) is 19.6 Å². The number of nitrogens with zero attached hydrogens (tertiary/aromatic N) is 6. The molecule has 2 aromatic heterocycles. The summed E-state index contributed by atoms with van der Waals surface area (Å²) in [7, 11) is 0. The summed E-state index contributed by atoms with van der Waals surface area (Å²) < 4.78 is 7.01. The van der Waals surface area contributed by atoms with Crippen LogP contribution in [0.25, 0.3) is 0 Å². The zero-order chi connectivity index (χ0) is 21.0. The Labute approximate surface area is 171 Å². The summed E-state index contributed by atoms with van der Waals surface area (Å²) in [4.78, 5) is 33.0. The Hall–Kier alpha value is -2.71. The Morgan fingerprint density at radius 1 is 1.38 bits per heavy atom. The summed E-state index contributed by atoms with van der Waals surface area (Å²) in [5, 5.41) is 8.20. The minimum atomic E-state index is -0.0350. The van der Waals surface area contributed by atoms with Crippen molar-refractivity contribution in [2.24, 2.45) is 5.92 Å². The molecular weight excluding hydrogens is 372 g/mol. The lowest BCUT2D eigenvalue weighted by atomic mass is 10.1. The van der Waals surface area contributed by atoms with Crippen molar-refractivity contribution in [3.8, 4) is 0 Å². The molecular formula is C20H30N6O3. The molecule has 9 nitrogen and oxygen atoms in total. The van der Waals surface area contributed by atoms with E-state index in [1.54, 1.807) is 28.9 Å². The van der Waals surface area contributed by atoms with Crippen LogP contribution in [0.3, 0.4) is 0 Å². The van der Waals surface area contributed by atoms with Crippen LogP contribution in [0.15, 0.2) is 16.9 Å². The molecule has 0 aliphatic carbocycles. The fourth-order valence-corrected chi connectivity index (χ4v) is 3.65. The molecule has 0 radical (unpaired) electrons. The standard InChI is InChI=1S/C20H30N6O3/c1-5-25-12-16(11-21-25)20(28)24-8-6-17(13-24)26(15(4)27)9-7-18-22-19(29-23-18)10-14(2)3/h11-12,14,17H,5-10,13H2,1-4H3. The Morgan fingerprint density at radius 2 is 2.17 bits per heavy atom. The van der Waals surface area contributed by atoms with Crippen molar-refractivity contribution in [1.82, 2.24) is 29.7 Å². The number of aryl methyl sites for hydroxylation is 1. The highest BCUT2D eigenvalue weighted by molar-refractivity contribution is 5.94. The van der Waals surface area contributed by atoms with Gasteiger partial charge in [-0.25, -0.2) is 0 Å². The minimum Gasteiger partial charge on any atom is -0.339 e. The summed E-state index contributed by atoms with van der Waals surface area (Å²) in [6.07, 6.45) is 5.42. The maximum absolute atomic E-state index is 12.7. The van der Waals surface area contributed by atoms with E-state index in [1.165, 1.54) is 0 Å². The smallest absolute Gasteiger partial charge is 0.257 e. The van der Waals surface area contributed by atoms with Gasteiger partial charge in [0.05, 0.1) is 17.8 Å². The molecule has 0 aromatic carbocycles. The van der Waals surface area contributed by atoms with E-state index < -0.39 is 0 Å². The third kappa shape index (κ3) is 5.21. The zero-order valence-corrected chi connectivity index (χ0v) is 17.7. The number of rotatable bonds is 8. The number of hydrogen-bond donors (Lipinski definition) is 0. The molecule has 1 aliphatic heterocycles. The molecule has 1 atom stereocenters. The first kappa shape index (κ1) is 21.0. The first-order valence-electron chi connectivity index (χ1n) is 10.3. The molecule has 158 valence electrons. The van der Waals surface area contributed by atoms with Gasteiger partial charge < -0.3 is 14.3 Å². The SMILES string of the molecule is CCn1cc(C(=O)N2CCC(N(CCc3noc(CC(C)C)n3)C(C)=O)C2)cn1. The molecule has 29 heavy (non-hydrogen) atoms. The van der Waals surface area contributed by atoms with E-state index in [0.29, 0.717) is 49.3 Å². The lowest BCUT2D eigenvalue weighted by Crippen LogP contribution is -2.42. The van der Waals surface area contributed by atoms with Gasteiger partial charge in [-0.05, 0) is 19.3 Å². The normalized spacial score (nSPS) is 16.6. The maximum Gasteiger partial charge on any atom is 0.257 e. The van der Waals surface area contributed by atoms with Gasteiger partial charge in [0.15, 0.2) is 5.82 Å². The molecule has 3 heterocycles. The number of carbonyl (C=O) groups is 2. The van der Waals surface area contributed by atoms with Gasteiger partial charge in [0.2, 0.25) is 11.8 Å². The number of carbonyl (C=O) groups excluding carboxylic acids is 2. The topological polar surface area (TPSA) is 97.4 Å². The molecule has 9 heteroatoms. The monoisotopic (exact) mass is 402 g/mol. The molecule has 2 amide bonds. The lowest BCUT2D eigenvalue weighted by molar-refractivity contribution is -0.130. The molecule has 0 saturated carbocycles.